The van der Waals surface area contributed by atoms with Gasteiger partial charge in [0.05, 0.1) is 24.2 Å². The summed E-state index contributed by atoms with van der Waals surface area (Å²) in [6, 6.07) is 14.9. The SMILES string of the molecule is C=C([C@@H](NC(=O)[C@H](C)NC)C(C)(C)C)N1C[C@@H](NCc2ccc(CN[C@H]3CCN(C(=O)[C@@H](NC(=O)[C@H](C)NC)C(C)(C)C)C3)cc2)C[C@H]1C(=O)N[C@@H]1CCCc2ccccc21. The van der Waals surface area contributed by atoms with Crippen molar-refractivity contribution in [2.45, 2.75) is 149 Å². The van der Waals surface area contributed by atoms with Crippen LogP contribution in [0.3, 0.4) is 0 Å². The highest BCUT2D eigenvalue weighted by Crippen LogP contribution is 2.34. The molecule has 61 heavy (non-hydrogen) atoms. The quantitative estimate of drug-likeness (QED) is 0.126. The number of nitrogens with one attached hydrogen (secondary N) is 7. The minimum Gasteiger partial charge on any atom is -0.360 e. The van der Waals surface area contributed by atoms with Crippen molar-refractivity contribution >= 4 is 23.6 Å². The van der Waals surface area contributed by atoms with Crippen molar-refractivity contribution in [3.8, 4) is 0 Å². The Hall–Kier alpha value is -4.30. The second kappa shape index (κ2) is 20.7. The minimum atomic E-state index is -0.607. The van der Waals surface area contributed by atoms with E-state index in [0.717, 1.165) is 42.5 Å². The number of rotatable bonds is 17. The molecule has 0 aromatic heterocycles. The summed E-state index contributed by atoms with van der Waals surface area (Å²) in [7, 11) is 3.50. The highest BCUT2D eigenvalue weighted by molar-refractivity contribution is 5.90. The molecule has 13 heteroatoms. The van der Waals surface area contributed by atoms with Crippen molar-refractivity contribution < 1.29 is 19.2 Å². The van der Waals surface area contributed by atoms with Gasteiger partial charge in [0.25, 0.3) is 0 Å². The van der Waals surface area contributed by atoms with E-state index in [1.807, 2.05) is 38.7 Å². The molecule has 0 unspecified atom stereocenters. The van der Waals surface area contributed by atoms with Gasteiger partial charge in [0.1, 0.15) is 12.1 Å². The molecule has 0 saturated carbocycles. The lowest BCUT2D eigenvalue weighted by molar-refractivity contribution is -0.139. The van der Waals surface area contributed by atoms with Crippen LogP contribution in [-0.2, 0) is 38.7 Å². The third-order valence-electron chi connectivity index (χ3n) is 12.9. The van der Waals surface area contributed by atoms with E-state index < -0.39 is 17.5 Å². The van der Waals surface area contributed by atoms with Gasteiger partial charge in [-0.25, -0.2) is 0 Å². The number of aryl methyl sites for hydroxylation is 1. The molecule has 4 amide bonds. The summed E-state index contributed by atoms with van der Waals surface area (Å²) >= 11 is 0. The first-order valence-electron chi connectivity index (χ1n) is 22.4. The van der Waals surface area contributed by atoms with E-state index in [0.29, 0.717) is 39.1 Å². The fourth-order valence-corrected chi connectivity index (χ4v) is 8.74. The monoisotopic (exact) mass is 842 g/mol. The Morgan fingerprint density at radius 3 is 1.89 bits per heavy atom. The maximum Gasteiger partial charge on any atom is 0.245 e. The highest BCUT2D eigenvalue weighted by Gasteiger charge is 2.43. The Kier molecular flexibility index (Phi) is 16.2. The van der Waals surface area contributed by atoms with Crippen molar-refractivity contribution in [1.82, 2.24) is 47.0 Å². The lowest BCUT2D eigenvalue weighted by Gasteiger charge is -2.40. The molecule has 0 radical (unpaired) electrons. The number of nitrogens with zero attached hydrogens (tertiary/aromatic N) is 2. The fraction of sp³-hybridized carbons (Fsp3) is 0.625. The third kappa shape index (κ3) is 12.4. The number of amides is 4. The predicted molar refractivity (Wildman–Crippen MR) is 243 cm³/mol. The number of likely N-dealkylation sites (N-methyl/N-ethyl adjacent to an activating group) is 2. The third-order valence-corrected chi connectivity index (χ3v) is 12.9. The number of benzene rings is 2. The summed E-state index contributed by atoms with van der Waals surface area (Å²) in [5, 5.41) is 23.0. The van der Waals surface area contributed by atoms with Crippen LogP contribution < -0.4 is 37.2 Å². The molecule has 2 aromatic carbocycles. The minimum absolute atomic E-state index is 0.0127. The normalized spacial score (nSPS) is 22.5. The summed E-state index contributed by atoms with van der Waals surface area (Å²) in [4.78, 5) is 57.8. The molecular weight excluding hydrogens is 767 g/mol. The average Bonchev–Trinajstić information content (AvgIpc) is 3.90. The van der Waals surface area contributed by atoms with Gasteiger partial charge >= 0.3 is 0 Å². The zero-order valence-corrected chi connectivity index (χ0v) is 38.5. The Labute approximate surface area is 365 Å². The van der Waals surface area contributed by atoms with Gasteiger partial charge in [-0.3, -0.25) is 19.2 Å². The standard InChI is InChI=1S/C48H75N9O4/c1-30(49-10)43(58)54-41(47(4,5)6)32(3)57-29-37(25-40(57)45(60)53-39-18-14-16-35-15-12-13-17-38(35)39)52-27-34-21-19-33(20-22-34)26-51-36-23-24-56(28-36)46(61)42(48(7,8)9)55-44(59)31(2)50-11/h12-13,15,17,19-22,30-31,36-37,39-42,49-52H,3,14,16,18,23-29H2,1-2,4-11H3,(H,53,60)(H,54,58)(H,55,59)/t30-,31-,36-,37-,39+,40-,41+,42+/m0/s1. The first-order chi connectivity index (χ1) is 28.8. The van der Waals surface area contributed by atoms with Gasteiger partial charge < -0.3 is 47.0 Å². The summed E-state index contributed by atoms with van der Waals surface area (Å²) in [5.74, 6) is -0.342. The van der Waals surface area contributed by atoms with Crippen molar-refractivity contribution in [3.05, 3.63) is 83.1 Å². The molecule has 336 valence electrons. The van der Waals surface area contributed by atoms with Gasteiger partial charge in [-0.2, -0.15) is 0 Å². The lowest BCUT2D eigenvalue weighted by Crippen LogP contribution is -2.57. The molecule has 2 saturated heterocycles. The molecule has 2 heterocycles. The van der Waals surface area contributed by atoms with Gasteiger partial charge in [0, 0.05) is 50.5 Å². The van der Waals surface area contributed by atoms with Crippen LogP contribution >= 0.6 is 0 Å². The van der Waals surface area contributed by atoms with E-state index in [4.69, 9.17) is 0 Å². The van der Waals surface area contributed by atoms with Crippen LogP contribution in [0.1, 0.15) is 109 Å². The number of hydrogen-bond acceptors (Lipinski definition) is 9. The van der Waals surface area contributed by atoms with Crippen molar-refractivity contribution in [2.24, 2.45) is 10.8 Å². The summed E-state index contributed by atoms with van der Waals surface area (Å²) < 4.78 is 0. The van der Waals surface area contributed by atoms with E-state index >= 15 is 0 Å². The largest absolute Gasteiger partial charge is 0.360 e. The smallest absolute Gasteiger partial charge is 0.245 e. The second-order valence-electron chi connectivity index (χ2n) is 19.7. The van der Waals surface area contributed by atoms with Crippen LogP contribution in [-0.4, -0.2) is 109 Å². The maximum atomic E-state index is 14.3. The van der Waals surface area contributed by atoms with Crippen molar-refractivity contribution in [3.63, 3.8) is 0 Å². The summed E-state index contributed by atoms with van der Waals surface area (Å²) in [6.45, 7) is 23.6. The summed E-state index contributed by atoms with van der Waals surface area (Å²) in [6.07, 6.45) is 4.41. The Morgan fingerprint density at radius 2 is 1.31 bits per heavy atom. The Morgan fingerprint density at radius 1 is 0.754 bits per heavy atom. The van der Waals surface area contributed by atoms with Crippen molar-refractivity contribution in [2.75, 3.05) is 33.7 Å². The Balaban J connectivity index is 1.20. The van der Waals surface area contributed by atoms with Crippen LogP contribution in [0.5, 0.6) is 0 Å². The van der Waals surface area contributed by atoms with Crippen LogP contribution in [0.25, 0.3) is 0 Å². The highest BCUT2D eigenvalue weighted by atomic mass is 16.2. The molecule has 2 aromatic rings. The molecule has 1 aliphatic carbocycles. The molecule has 5 rings (SSSR count). The van der Waals surface area contributed by atoms with Gasteiger partial charge in [0.2, 0.25) is 23.6 Å². The topological polar surface area (TPSA) is 159 Å². The summed E-state index contributed by atoms with van der Waals surface area (Å²) in [5.41, 5.74) is 4.76. The maximum absolute atomic E-state index is 14.3. The number of hydrogen-bond donors (Lipinski definition) is 7. The van der Waals surface area contributed by atoms with Crippen LogP contribution in [0, 0.1) is 10.8 Å². The van der Waals surface area contributed by atoms with Gasteiger partial charge in [-0.1, -0.05) is 96.7 Å². The lowest BCUT2D eigenvalue weighted by atomic mass is 9.84. The Bertz CT molecular complexity index is 1840. The molecular formula is C48H75N9O4. The predicted octanol–water partition coefficient (Wildman–Crippen LogP) is 3.89. The molecule has 0 spiro atoms. The molecule has 2 fully saturated rings. The number of carbonyl (C=O) groups excluding carboxylic acids is 4. The number of fused-ring (bicyclic) bond motifs is 1. The van der Waals surface area contributed by atoms with Crippen molar-refractivity contribution in [1.29, 1.82) is 0 Å². The fourth-order valence-electron chi connectivity index (χ4n) is 8.74. The van der Waals surface area contributed by atoms with E-state index in [1.54, 1.807) is 21.0 Å². The van der Waals surface area contributed by atoms with Crippen LogP contribution in [0.4, 0.5) is 0 Å². The van der Waals surface area contributed by atoms with Gasteiger partial charge in [-0.05, 0) is 93.1 Å². The van der Waals surface area contributed by atoms with E-state index in [1.165, 1.54) is 11.1 Å². The average molecular weight is 842 g/mol. The molecule has 0 bridgehead atoms. The van der Waals surface area contributed by atoms with Gasteiger partial charge in [-0.15, -0.1) is 0 Å². The molecule has 7 N–H and O–H groups in total. The van der Waals surface area contributed by atoms with Crippen LogP contribution in [0.15, 0.2) is 60.8 Å². The van der Waals surface area contributed by atoms with E-state index in [9.17, 15) is 19.2 Å². The zero-order chi connectivity index (χ0) is 44.6. The second-order valence-corrected chi connectivity index (χ2v) is 19.7. The van der Waals surface area contributed by atoms with E-state index in [2.05, 4.69) is 112 Å². The number of likely N-dealkylation sites (tertiary alicyclic amines) is 2. The van der Waals surface area contributed by atoms with Gasteiger partial charge in [0.15, 0.2) is 0 Å². The zero-order valence-electron chi connectivity index (χ0n) is 38.5. The van der Waals surface area contributed by atoms with E-state index in [-0.39, 0.29) is 65.3 Å². The first-order valence-corrected chi connectivity index (χ1v) is 22.4. The van der Waals surface area contributed by atoms with Crippen LogP contribution in [0.2, 0.25) is 0 Å². The molecule has 13 nitrogen and oxygen atoms in total. The molecule has 2 aliphatic heterocycles. The first kappa shape index (κ1) is 47.7. The number of carbonyl (C=O) groups is 4. The molecule has 3 aliphatic rings. The molecule has 8 atom stereocenters.